The van der Waals surface area contributed by atoms with Gasteiger partial charge in [-0.1, -0.05) is 50.1 Å². The minimum Gasteiger partial charge on any atom is -0.343 e. The highest BCUT2D eigenvalue weighted by Gasteiger charge is 2.20. The second-order valence-electron chi connectivity index (χ2n) is 7.00. The number of rotatable bonds is 11. The van der Waals surface area contributed by atoms with E-state index in [0.717, 1.165) is 23.6 Å². The first-order valence-corrected chi connectivity index (χ1v) is 10.0. The van der Waals surface area contributed by atoms with Crippen LogP contribution in [0.3, 0.4) is 0 Å². The molecule has 0 fully saturated rings. The third-order valence-electron chi connectivity index (χ3n) is 4.75. The molecule has 1 atom stereocenters. The molecule has 0 aliphatic rings. The molecule has 2 amide bonds. The monoisotopic (exact) mass is 393 g/mol. The maximum absolute atomic E-state index is 12.7. The van der Waals surface area contributed by atoms with Crippen LogP contribution in [0.25, 0.3) is 10.8 Å². The van der Waals surface area contributed by atoms with Gasteiger partial charge in [0.1, 0.15) is 18.2 Å². The fourth-order valence-corrected chi connectivity index (χ4v) is 3.11. The molecule has 0 bridgehead atoms. The molecule has 29 heavy (non-hydrogen) atoms. The van der Waals surface area contributed by atoms with Crippen molar-refractivity contribution >= 4 is 34.1 Å². The number of hydrogen-bond acceptors (Lipinski definition) is 4. The zero-order valence-corrected chi connectivity index (χ0v) is 16.7. The number of fused-ring (bicyclic) bond motifs is 1. The lowest BCUT2D eigenvalue weighted by Gasteiger charge is -2.18. The fourth-order valence-electron chi connectivity index (χ4n) is 3.11. The standard InChI is InChI=1S/C23H27N3O3/c1-2-20(27)10-4-3-5-11-21(26-22(28)14-15-24)23(29)25-19-13-12-17-8-6-7-9-18(17)16-19/h6-9,12-13,16,21H,2-5,10-11,14H2,1H3,(H,25,29)(H,26,28)/t21-/m0/s1. The molecular weight excluding hydrogens is 366 g/mol. The van der Waals surface area contributed by atoms with Gasteiger partial charge in [0.25, 0.3) is 0 Å². The summed E-state index contributed by atoms with van der Waals surface area (Å²) in [6.07, 6.45) is 3.55. The molecule has 0 aromatic heterocycles. The van der Waals surface area contributed by atoms with E-state index in [1.807, 2.05) is 49.4 Å². The lowest BCUT2D eigenvalue weighted by atomic mass is 10.0. The fraction of sp³-hybridized carbons (Fsp3) is 0.391. The Morgan fingerprint density at radius 3 is 2.52 bits per heavy atom. The lowest BCUT2D eigenvalue weighted by molar-refractivity contribution is -0.126. The summed E-state index contributed by atoms with van der Waals surface area (Å²) in [4.78, 5) is 36.0. The Kier molecular flexibility index (Phi) is 8.84. The normalized spacial score (nSPS) is 11.4. The predicted molar refractivity (Wildman–Crippen MR) is 113 cm³/mol. The van der Waals surface area contributed by atoms with E-state index in [2.05, 4.69) is 10.6 Å². The highest BCUT2D eigenvalue weighted by Crippen LogP contribution is 2.19. The Hall–Kier alpha value is -3.20. The van der Waals surface area contributed by atoms with Gasteiger partial charge < -0.3 is 10.6 Å². The number of ketones is 1. The van der Waals surface area contributed by atoms with Crippen molar-refractivity contribution in [3.05, 3.63) is 42.5 Å². The molecule has 0 unspecified atom stereocenters. The number of anilines is 1. The molecule has 152 valence electrons. The zero-order valence-electron chi connectivity index (χ0n) is 16.7. The van der Waals surface area contributed by atoms with E-state index in [9.17, 15) is 14.4 Å². The first-order chi connectivity index (χ1) is 14.0. The van der Waals surface area contributed by atoms with E-state index in [1.54, 1.807) is 6.07 Å². The average Bonchev–Trinajstić information content (AvgIpc) is 2.72. The maximum Gasteiger partial charge on any atom is 0.246 e. The molecule has 0 radical (unpaired) electrons. The molecule has 0 aliphatic carbocycles. The van der Waals surface area contributed by atoms with Gasteiger partial charge in [0, 0.05) is 18.5 Å². The van der Waals surface area contributed by atoms with Crippen LogP contribution in [0.5, 0.6) is 0 Å². The summed E-state index contributed by atoms with van der Waals surface area (Å²) in [5, 5.41) is 16.3. The molecule has 6 heteroatoms. The van der Waals surface area contributed by atoms with Crippen molar-refractivity contribution in [3.63, 3.8) is 0 Å². The van der Waals surface area contributed by atoms with Gasteiger partial charge in [-0.2, -0.15) is 5.26 Å². The van der Waals surface area contributed by atoms with Crippen molar-refractivity contribution in [1.82, 2.24) is 5.32 Å². The van der Waals surface area contributed by atoms with Crippen molar-refractivity contribution in [2.75, 3.05) is 5.32 Å². The first-order valence-electron chi connectivity index (χ1n) is 10.0. The first kappa shape index (κ1) is 22.1. The van der Waals surface area contributed by atoms with Crippen LogP contribution in [0.15, 0.2) is 42.5 Å². The molecule has 0 heterocycles. The average molecular weight is 393 g/mol. The number of nitrogens with zero attached hydrogens (tertiary/aromatic N) is 1. The maximum atomic E-state index is 12.7. The molecule has 6 nitrogen and oxygen atoms in total. The van der Waals surface area contributed by atoms with Crippen LogP contribution >= 0.6 is 0 Å². The van der Waals surface area contributed by atoms with Crippen LogP contribution in [-0.2, 0) is 14.4 Å². The predicted octanol–water partition coefficient (Wildman–Crippen LogP) is 4.11. The molecule has 0 aliphatic heterocycles. The number of benzene rings is 2. The molecular formula is C23H27N3O3. The third-order valence-corrected chi connectivity index (χ3v) is 4.75. The number of amides is 2. The van der Waals surface area contributed by atoms with E-state index in [1.165, 1.54) is 0 Å². The number of Topliss-reactive ketones (excluding diaryl/α,β-unsaturated/α-hetero) is 1. The molecule has 0 saturated heterocycles. The van der Waals surface area contributed by atoms with Gasteiger partial charge in [-0.05, 0) is 35.7 Å². The summed E-state index contributed by atoms with van der Waals surface area (Å²) in [5.74, 6) is -0.540. The van der Waals surface area contributed by atoms with Gasteiger partial charge in [-0.15, -0.1) is 0 Å². The molecule has 0 spiro atoms. The van der Waals surface area contributed by atoms with Crippen LogP contribution in [0.1, 0.15) is 51.9 Å². The van der Waals surface area contributed by atoms with Crippen LogP contribution in [0, 0.1) is 11.3 Å². The van der Waals surface area contributed by atoms with Gasteiger partial charge in [0.05, 0.1) is 6.07 Å². The van der Waals surface area contributed by atoms with Crippen LogP contribution in [0.2, 0.25) is 0 Å². The molecule has 2 N–H and O–H groups in total. The van der Waals surface area contributed by atoms with Crippen LogP contribution < -0.4 is 10.6 Å². The van der Waals surface area contributed by atoms with Crippen molar-refractivity contribution in [2.24, 2.45) is 0 Å². The van der Waals surface area contributed by atoms with E-state index in [-0.39, 0.29) is 18.1 Å². The summed E-state index contributed by atoms with van der Waals surface area (Å²) in [7, 11) is 0. The summed E-state index contributed by atoms with van der Waals surface area (Å²) in [6.45, 7) is 1.85. The minimum atomic E-state index is -0.718. The summed E-state index contributed by atoms with van der Waals surface area (Å²) >= 11 is 0. The summed E-state index contributed by atoms with van der Waals surface area (Å²) in [6, 6.07) is 14.6. The second-order valence-corrected chi connectivity index (χ2v) is 7.00. The molecule has 2 aromatic rings. The van der Waals surface area contributed by atoms with Crippen LogP contribution in [-0.4, -0.2) is 23.6 Å². The zero-order chi connectivity index (χ0) is 21.1. The van der Waals surface area contributed by atoms with Crippen molar-refractivity contribution in [3.8, 4) is 6.07 Å². The number of nitrogens with one attached hydrogen (secondary N) is 2. The van der Waals surface area contributed by atoms with Crippen molar-refractivity contribution in [1.29, 1.82) is 5.26 Å². The smallest absolute Gasteiger partial charge is 0.246 e. The number of hydrogen-bond donors (Lipinski definition) is 2. The van der Waals surface area contributed by atoms with Gasteiger partial charge in [-0.3, -0.25) is 14.4 Å². The van der Waals surface area contributed by atoms with Crippen molar-refractivity contribution < 1.29 is 14.4 Å². The van der Waals surface area contributed by atoms with Gasteiger partial charge in [0.15, 0.2) is 0 Å². The van der Waals surface area contributed by atoms with Gasteiger partial charge >= 0.3 is 0 Å². The highest BCUT2D eigenvalue weighted by molar-refractivity contribution is 5.99. The quantitative estimate of drug-likeness (QED) is 0.561. The molecule has 2 aromatic carbocycles. The van der Waals surface area contributed by atoms with E-state index in [0.29, 0.717) is 31.4 Å². The molecule has 0 saturated carbocycles. The second kappa shape index (κ2) is 11.6. The van der Waals surface area contributed by atoms with Gasteiger partial charge in [0.2, 0.25) is 11.8 Å². The number of carbonyl (C=O) groups is 3. The highest BCUT2D eigenvalue weighted by atomic mass is 16.2. The Labute approximate surface area is 171 Å². The topological polar surface area (TPSA) is 99.1 Å². The summed E-state index contributed by atoms with van der Waals surface area (Å²) < 4.78 is 0. The SMILES string of the molecule is CCC(=O)CCCCC[C@H](NC(=O)CC#N)C(=O)Nc1ccc2ccccc2c1. The number of nitriles is 1. The Balaban J connectivity index is 1.97. The van der Waals surface area contributed by atoms with Gasteiger partial charge in [-0.25, -0.2) is 0 Å². The van der Waals surface area contributed by atoms with Crippen molar-refractivity contribution in [2.45, 2.75) is 57.9 Å². The lowest BCUT2D eigenvalue weighted by Crippen LogP contribution is -2.43. The largest absolute Gasteiger partial charge is 0.343 e. The summed E-state index contributed by atoms with van der Waals surface area (Å²) in [5.41, 5.74) is 0.654. The van der Waals surface area contributed by atoms with E-state index in [4.69, 9.17) is 5.26 Å². The van der Waals surface area contributed by atoms with E-state index >= 15 is 0 Å². The Bertz CT molecular complexity index is 902. The number of carbonyl (C=O) groups excluding carboxylic acids is 3. The van der Waals surface area contributed by atoms with Crippen LogP contribution in [0.4, 0.5) is 5.69 Å². The van der Waals surface area contributed by atoms with E-state index < -0.39 is 11.9 Å². The Morgan fingerprint density at radius 1 is 1.03 bits per heavy atom. The Morgan fingerprint density at radius 2 is 1.79 bits per heavy atom. The third kappa shape index (κ3) is 7.38. The minimum absolute atomic E-state index is 0.234. The molecule has 2 rings (SSSR count). The number of unbranched alkanes of at least 4 members (excludes halogenated alkanes) is 2.